The summed E-state index contributed by atoms with van der Waals surface area (Å²) in [6, 6.07) is 22.0. The number of nitrogens with zero attached hydrogens (tertiary/aromatic N) is 3. The minimum absolute atomic E-state index is 0.0823. The van der Waals surface area contributed by atoms with E-state index >= 15 is 0 Å². The molecule has 0 aliphatic heterocycles. The Bertz CT molecular complexity index is 1530. The number of hydrogen-bond acceptors (Lipinski definition) is 6. The lowest BCUT2D eigenvalue weighted by Gasteiger charge is -2.23. The smallest absolute Gasteiger partial charge is 0.264 e. The van der Waals surface area contributed by atoms with E-state index in [1.54, 1.807) is 67.8 Å². The van der Waals surface area contributed by atoms with E-state index in [4.69, 9.17) is 16.3 Å². The van der Waals surface area contributed by atoms with Crippen molar-refractivity contribution < 1.29 is 17.9 Å². The first-order valence-electron chi connectivity index (χ1n) is 10.9. The first-order valence-corrected chi connectivity index (χ1v) is 12.7. The number of fused-ring (bicyclic) bond motifs is 1. The van der Waals surface area contributed by atoms with Crippen LogP contribution in [0.15, 0.2) is 88.9 Å². The number of ether oxygens (including phenoxy) is 1. The van der Waals surface area contributed by atoms with Crippen molar-refractivity contribution >= 4 is 50.3 Å². The van der Waals surface area contributed by atoms with E-state index < -0.39 is 22.5 Å². The fraction of sp³-hybridized carbons (Fsp3) is 0.115. The number of methoxy groups -OCH3 is 1. The number of anilines is 1. The zero-order valence-corrected chi connectivity index (χ0v) is 21.1. The number of pyridine rings is 1. The Morgan fingerprint density at radius 1 is 1.08 bits per heavy atom. The predicted molar refractivity (Wildman–Crippen MR) is 141 cm³/mol. The number of benzene rings is 3. The first-order chi connectivity index (χ1) is 17.3. The average Bonchev–Trinajstić information content (AvgIpc) is 2.88. The minimum Gasteiger partial charge on any atom is -0.497 e. The van der Waals surface area contributed by atoms with Gasteiger partial charge in [0.2, 0.25) is 0 Å². The third-order valence-corrected chi connectivity index (χ3v) is 7.43. The van der Waals surface area contributed by atoms with Crippen LogP contribution in [0.25, 0.3) is 10.9 Å². The van der Waals surface area contributed by atoms with Gasteiger partial charge in [-0.2, -0.15) is 5.10 Å². The Morgan fingerprint density at radius 2 is 1.81 bits per heavy atom. The highest BCUT2D eigenvalue weighted by atomic mass is 35.5. The molecule has 0 fully saturated rings. The SMILES string of the molecule is COc1ccc2cc(C=NNC(=O)CN(c3ccccc3)S(=O)(=O)c3ccc(C)cc3)c(Cl)nc2c1. The molecular weight excluding hydrogens is 500 g/mol. The molecule has 10 heteroatoms. The van der Waals surface area contributed by atoms with Crippen LogP contribution in [0.1, 0.15) is 11.1 Å². The number of carbonyl (C=O) groups excluding carboxylic acids is 1. The molecule has 0 bridgehead atoms. The minimum atomic E-state index is -4.00. The van der Waals surface area contributed by atoms with Gasteiger partial charge in [-0.05, 0) is 49.4 Å². The summed E-state index contributed by atoms with van der Waals surface area (Å²) in [6.45, 7) is 1.39. The number of aryl methyl sites for hydroxylation is 1. The van der Waals surface area contributed by atoms with Crippen molar-refractivity contribution in [3.8, 4) is 5.75 Å². The number of rotatable bonds is 8. The highest BCUT2D eigenvalue weighted by Gasteiger charge is 2.27. The van der Waals surface area contributed by atoms with Gasteiger partial charge in [-0.15, -0.1) is 0 Å². The van der Waals surface area contributed by atoms with Crippen molar-refractivity contribution in [2.24, 2.45) is 5.10 Å². The summed E-state index contributed by atoms with van der Waals surface area (Å²) in [7, 11) is -2.43. The molecule has 0 radical (unpaired) electrons. The van der Waals surface area contributed by atoms with Crippen LogP contribution in [0.5, 0.6) is 5.75 Å². The molecule has 0 unspecified atom stereocenters. The second-order valence-electron chi connectivity index (χ2n) is 7.88. The molecular formula is C26H23ClN4O4S. The fourth-order valence-electron chi connectivity index (χ4n) is 3.44. The number of nitrogens with one attached hydrogen (secondary N) is 1. The fourth-order valence-corrected chi connectivity index (χ4v) is 5.06. The quantitative estimate of drug-likeness (QED) is 0.208. The van der Waals surface area contributed by atoms with Crippen molar-refractivity contribution in [2.45, 2.75) is 11.8 Å². The van der Waals surface area contributed by atoms with Gasteiger partial charge in [0.05, 0.1) is 29.4 Å². The van der Waals surface area contributed by atoms with Crippen LogP contribution in [0, 0.1) is 6.92 Å². The lowest BCUT2D eigenvalue weighted by molar-refractivity contribution is -0.119. The van der Waals surface area contributed by atoms with E-state index in [1.165, 1.54) is 18.3 Å². The molecule has 1 aromatic heterocycles. The molecule has 0 aliphatic rings. The third-order valence-electron chi connectivity index (χ3n) is 5.34. The number of aromatic nitrogens is 1. The van der Waals surface area contributed by atoms with Gasteiger partial charge in [0.15, 0.2) is 0 Å². The molecule has 8 nitrogen and oxygen atoms in total. The van der Waals surface area contributed by atoms with Gasteiger partial charge in [0, 0.05) is 17.0 Å². The highest BCUT2D eigenvalue weighted by Crippen LogP contribution is 2.25. The third kappa shape index (κ3) is 5.64. The Hall–Kier alpha value is -3.95. The Morgan fingerprint density at radius 3 is 2.50 bits per heavy atom. The second kappa shape index (κ2) is 10.8. The molecule has 4 rings (SSSR count). The number of halogens is 1. The van der Waals surface area contributed by atoms with Gasteiger partial charge < -0.3 is 4.74 Å². The molecule has 1 heterocycles. The Kier molecular flexibility index (Phi) is 7.52. The van der Waals surface area contributed by atoms with Crippen LogP contribution >= 0.6 is 11.6 Å². The van der Waals surface area contributed by atoms with Crippen LogP contribution in [-0.2, 0) is 14.8 Å². The summed E-state index contributed by atoms with van der Waals surface area (Å²) < 4.78 is 33.0. The molecule has 1 N–H and O–H groups in total. The maximum atomic E-state index is 13.4. The standard InChI is InChI=1S/C26H23ClN4O4S/c1-18-8-12-23(13-9-18)36(33,34)31(21-6-4-3-5-7-21)17-25(32)30-28-16-20-14-19-10-11-22(35-2)15-24(19)29-26(20)27/h3-16H,17H2,1-2H3,(H,30,32). The molecule has 0 atom stereocenters. The van der Waals surface area contributed by atoms with Gasteiger partial charge >= 0.3 is 0 Å². The van der Waals surface area contributed by atoms with E-state index in [9.17, 15) is 13.2 Å². The lowest BCUT2D eigenvalue weighted by Crippen LogP contribution is -2.39. The summed E-state index contributed by atoms with van der Waals surface area (Å²) in [5.74, 6) is 0.0312. The van der Waals surface area contributed by atoms with Gasteiger partial charge in [0.1, 0.15) is 17.4 Å². The van der Waals surface area contributed by atoms with Gasteiger partial charge in [-0.3, -0.25) is 9.10 Å². The van der Waals surface area contributed by atoms with Crippen LogP contribution < -0.4 is 14.5 Å². The van der Waals surface area contributed by atoms with Crippen LogP contribution in [0.4, 0.5) is 5.69 Å². The van der Waals surface area contributed by atoms with Crippen molar-refractivity contribution in [1.82, 2.24) is 10.4 Å². The van der Waals surface area contributed by atoms with Crippen LogP contribution in [0.2, 0.25) is 5.15 Å². The van der Waals surface area contributed by atoms with E-state index in [2.05, 4.69) is 15.5 Å². The maximum absolute atomic E-state index is 13.4. The topological polar surface area (TPSA) is 101 Å². The highest BCUT2D eigenvalue weighted by molar-refractivity contribution is 7.92. The molecule has 0 spiro atoms. The summed E-state index contributed by atoms with van der Waals surface area (Å²) in [5.41, 5.74) is 4.80. The van der Waals surface area contributed by atoms with Crippen molar-refractivity contribution in [3.63, 3.8) is 0 Å². The number of hydrazone groups is 1. The summed E-state index contributed by atoms with van der Waals surface area (Å²) >= 11 is 6.27. The van der Waals surface area contributed by atoms with E-state index in [0.717, 1.165) is 15.3 Å². The van der Waals surface area contributed by atoms with Gasteiger partial charge in [-0.25, -0.2) is 18.8 Å². The summed E-state index contributed by atoms with van der Waals surface area (Å²) in [6.07, 6.45) is 1.36. The molecule has 0 saturated carbocycles. The number of para-hydroxylation sites is 1. The monoisotopic (exact) mass is 522 g/mol. The molecule has 36 heavy (non-hydrogen) atoms. The summed E-state index contributed by atoms with van der Waals surface area (Å²) in [5, 5.41) is 4.97. The van der Waals surface area contributed by atoms with Crippen molar-refractivity contribution in [1.29, 1.82) is 0 Å². The normalized spacial score (nSPS) is 11.5. The molecule has 184 valence electrons. The molecule has 0 aliphatic carbocycles. The molecule has 4 aromatic rings. The Balaban J connectivity index is 1.54. The van der Waals surface area contributed by atoms with Crippen molar-refractivity contribution in [3.05, 3.63) is 95.1 Å². The van der Waals surface area contributed by atoms with Gasteiger partial charge in [-0.1, -0.05) is 47.5 Å². The van der Waals surface area contributed by atoms with Crippen LogP contribution in [0.3, 0.4) is 0 Å². The largest absolute Gasteiger partial charge is 0.497 e. The summed E-state index contributed by atoms with van der Waals surface area (Å²) in [4.78, 5) is 17.1. The van der Waals surface area contributed by atoms with Crippen LogP contribution in [-0.4, -0.2) is 39.2 Å². The number of sulfonamides is 1. The zero-order chi connectivity index (χ0) is 25.7. The average molecular weight is 523 g/mol. The number of hydrogen-bond donors (Lipinski definition) is 1. The first kappa shape index (κ1) is 25.2. The number of amides is 1. The molecule has 0 saturated heterocycles. The maximum Gasteiger partial charge on any atom is 0.264 e. The van der Waals surface area contributed by atoms with E-state index in [0.29, 0.717) is 22.5 Å². The zero-order valence-electron chi connectivity index (χ0n) is 19.6. The molecule has 1 amide bonds. The van der Waals surface area contributed by atoms with E-state index in [-0.39, 0.29) is 10.0 Å². The second-order valence-corrected chi connectivity index (χ2v) is 10.1. The number of carbonyl (C=O) groups is 1. The Labute approximate surface area is 214 Å². The lowest BCUT2D eigenvalue weighted by atomic mass is 10.1. The predicted octanol–water partition coefficient (Wildman–Crippen LogP) is 4.55. The van der Waals surface area contributed by atoms with Gasteiger partial charge in [0.25, 0.3) is 15.9 Å². The van der Waals surface area contributed by atoms with E-state index in [1.807, 2.05) is 13.0 Å². The van der Waals surface area contributed by atoms with Crippen molar-refractivity contribution in [2.75, 3.05) is 18.0 Å². The molecule has 3 aromatic carbocycles.